The van der Waals surface area contributed by atoms with Gasteiger partial charge in [0.05, 0.1) is 17.7 Å². The molecular formula is C17H15FN6O3. The van der Waals surface area contributed by atoms with Crippen molar-refractivity contribution in [3.8, 4) is 5.75 Å². The highest BCUT2D eigenvalue weighted by atomic mass is 19.1. The molecule has 2 aromatic carbocycles. The summed E-state index contributed by atoms with van der Waals surface area (Å²) in [5, 5.41) is 16.8. The van der Waals surface area contributed by atoms with Crippen LogP contribution in [0.25, 0.3) is 0 Å². The van der Waals surface area contributed by atoms with Crippen LogP contribution in [0.3, 0.4) is 0 Å². The average Bonchev–Trinajstić information content (AvgIpc) is 2.63. The topological polar surface area (TPSA) is 128 Å². The smallest absolute Gasteiger partial charge is 0.353 e. The van der Waals surface area contributed by atoms with Crippen LogP contribution in [-0.2, 0) is 0 Å². The number of nitrogens with one attached hydrogen (secondary N) is 2. The highest BCUT2D eigenvalue weighted by Crippen LogP contribution is 2.33. The molecule has 0 aliphatic rings. The molecule has 10 heteroatoms. The summed E-state index contributed by atoms with van der Waals surface area (Å²) < 4.78 is 19.0. The van der Waals surface area contributed by atoms with Gasteiger partial charge in [-0.3, -0.25) is 10.1 Å². The van der Waals surface area contributed by atoms with E-state index in [9.17, 15) is 14.5 Å². The Morgan fingerprint density at radius 2 is 1.93 bits per heavy atom. The zero-order chi connectivity index (χ0) is 19.4. The number of nitrogen functional groups attached to an aromatic ring is 1. The third kappa shape index (κ3) is 4.00. The average molecular weight is 370 g/mol. The van der Waals surface area contributed by atoms with Gasteiger partial charge in [-0.05, 0) is 24.3 Å². The van der Waals surface area contributed by atoms with Crippen molar-refractivity contribution >= 4 is 34.6 Å². The second-order valence-electron chi connectivity index (χ2n) is 5.35. The van der Waals surface area contributed by atoms with Crippen molar-refractivity contribution in [2.24, 2.45) is 0 Å². The van der Waals surface area contributed by atoms with Gasteiger partial charge in [0.1, 0.15) is 11.6 Å². The van der Waals surface area contributed by atoms with E-state index in [4.69, 9.17) is 10.5 Å². The zero-order valence-electron chi connectivity index (χ0n) is 14.1. The number of nitro groups is 1. The fourth-order valence-electron chi connectivity index (χ4n) is 2.32. The molecule has 9 nitrogen and oxygen atoms in total. The Hall–Kier alpha value is -3.95. The Kier molecular flexibility index (Phi) is 4.97. The summed E-state index contributed by atoms with van der Waals surface area (Å²) in [5.74, 6) is -0.585. The predicted molar refractivity (Wildman–Crippen MR) is 99.1 cm³/mol. The number of anilines is 5. The summed E-state index contributed by atoms with van der Waals surface area (Å²) in [4.78, 5) is 18.6. The van der Waals surface area contributed by atoms with E-state index in [0.717, 1.165) is 0 Å². The van der Waals surface area contributed by atoms with E-state index in [1.165, 1.54) is 25.3 Å². The number of benzene rings is 2. The molecule has 0 atom stereocenters. The van der Waals surface area contributed by atoms with E-state index < -0.39 is 16.4 Å². The number of aromatic nitrogens is 2. The van der Waals surface area contributed by atoms with Crippen molar-refractivity contribution in [3.63, 3.8) is 0 Å². The Balaban J connectivity index is 2.00. The lowest BCUT2D eigenvalue weighted by molar-refractivity contribution is -0.383. The first-order valence-electron chi connectivity index (χ1n) is 7.72. The van der Waals surface area contributed by atoms with Crippen LogP contribution in [0, 0.1) is 15.9 Å². The molecule has 0 spiro atoms. The molecule has 0 radical (unpaired) electrons. The number of hydrogen-bond donors (Lipinski definition) is 3. The van der Waals surface area contributed by atoms with Crippen LogP contribution in [-0.4, -0.2) is 22.0 Å². The number of methoxy groups -OCH3 is 1. The van der Waals surface area contributed by atoms with Gasteiger partial charge in [-0.1, -0.05) is 18.2 Å². The van der Waals surface area contributed by atoms with E-state index in [1.807, 2.05) is 0 Å². The fraction of sp³-hybridized carbons (Fsp3) is 0.0588. The van der Waals surface area contributed by atoms with E-state index >= 15 is 0 Å². The molecule has 138 valence electrons. The van der Waals surface area contributed by atoms with Gasteiger partial charge in [0.2, 0.25) is 17.6 Å². The van der Waals surface area contributed by atoms with Gasteiger partial charge in [-0.2, -0.15) is 9.97 Å². The van der Waals surface area contributed by atoms with E-state index in [2.05, 4.69) is 20.6 Å². The highest BCUT2D eigenvalue weighted by molar-refractivity contribution is 5.75. The molecular weight excluding hydrogens is 355 g/mol. The largest absolute Gasteiger partial charge is 0.497 e. The molecule has 0 saturated heterocycles. The van der Waals surface area contributed by atoms with Crippen molar-refractivity contribution in [1.82, 2.24) is 9.97 Å². The predicted octanol–water partition coefficient (Wildman–Crippen LogP) is 3.60. The number of ether oxygens (including phenoxy) is 1. The van der Waals surface area contributed by atoms with Crippen molar-refractivity contribution in [2.45, 2.75) is 0 Å². The normalized spacial score (nSPS) is 10.3. The van der Waals surface area contributed by atoms with Gasteiger partial charge in [-0.25, -0.2) is 4.39 Å². The molecule has 3 rings (SSSR count). The van der Waals surface area contributed by atoms with Crippen molar-refractivity contribution in [3.05, 3.63) is 64.5 Å². The van der Waals surface area contributed by atoms with Crippen LogP contribution in [0.2, 0.25) is 0 Å². The Morgan fingerprint density at radius 1 is 1.15 bits per heavy atom. The van der Waals surface area contributed by atoms with Crippen LogP contribution in [0.15, 0.2) is 48.5 Å². The maximum Gasteiger partial charge on any atom is 0.353 e. The fourth-order valence-corrected chi connectivity index (χ4v) is 2.32. The number of para-hydroxylation sites is 1. The number of rotatable bonds is 6. The summed E-state index contributed by atoms with van der Waals surface area (Å²) in [6, 6.07) is 12.6. The summed E-state index contributed by atoms with van der Waals surface area (Å²) >= 11 is 0. The molecule has 0 aliphatic heterocycles. The van der Waals surface area contributed by atoms with Gasteiger partial charge in [0.15, 0.2) is 0 Å². The molecule has 0 fully saturated rings. The van der Waals surface area contributed by atoms with Gasteiger partial charge in [0, 0.05) is 11.8 Å². The molecule has 4 N–H and O–H groups in total. The van der Waals surface area contributed by atoms with Crippen molar-refractivity contribution < 1.29 is 14.1 Å². The van der Waals surface area contributed by atoms with Crippen LogP contribution in [0.4, 0.5) is 39.0 Å². The van der Waals surface area contributed by atoms with E-state index in [-0.39, 0.29) is 23.3 Å². The molecule has 0 aliphatic carbocycles. The monoisotopic (exact) mass is 370 g/mol. The first-order chi connectivity index (χ1) is 13.0. The molecule has 0 saturated carbocycles. The first-order valence-corrected chi connectivity index (χ1v) is 7.72. The Bertz CT molecular complexity index is 998. The van der Waals surface area contributed by atoms with Crippen molar-refractivity contribution in [2.75, 3.05) is 23.5 Å². The zero-order valence-corrected chi connectivity index (χ0v) is 14.1. The van der Waals surface area contributed by atoms with Crippen LogP contribution in [0.1, 0.15) is 0 Å². The molecule has 0 unspecified atom stereocenters. The van der Waals surface area contributed by atoms with Crippen LogP contribution < -0.4 is 21.1 Å². The maximum atomic E-state index is 13.9. The minimum absolute atomic E-state index is 0.00481. The number of hydrogen-bond acceptors (Lipinski definition) is 8. The van der Waals surface area contributed by atoms with Gasteiger partial charge in [0.25, 0.3) is 0 Å². The molecule has 0 amide bonds. The standard InChI is InChI=1S/C17H15FN6O3/c1-27-11-6-4-5-10(9-11)20-17-22-15(19)14(24(25)26)16(23-17)21-13-8-3-2-7-12(13)18/h2-9H,1H3,(H4,19,20,21,22,23). The van der Waals surface area contributed by atoms with Gasteiger partial charge >= 0.3 is 5.69 Å². The summed E-state index contributed by atoms with van der Waals surface area (Å²) in [5.41, 5.74) is 5.79. The maximum absolute atomic E-state index is 13.9. The molecule has 1 heterocycles. The minimum atomic E-state index is -0.728. The lowest BCUT2D eigenvalue weighted by atomic mass is 10.3. The summed E-state index contributed by atoms with van der Waals surface area (Å²) in [6.45, 7) is 0. The first kappa shape index (κ1) is 17.9. The number of halogens is 1. The molecule has 27 heavy (non-hydrogen) atoms. The third-order valence-corrected chi connectivity index (χ3v) is 3.55. The van der Waals surface area contributed by atoms with Gasteiger partial charge in [-0.15, -0.1) is 0 Å². The van der Waals surface area contributed by atoms with Gasteiger partial charge < -0.3 is 21.1 Å². The third-order valence-electron chi connectivity index (χ3n) is 3.55. The molecule has 3 aromatic rings. The second kappa shape index (κ2) is 7.52. The second-order valence-corrected chi connectivity index (χ2v) is 5.35. The number of nitrogens with zero attached hydrogens (tertiary/aromatic N) is 3. The summed E-state index contributed by atoms with van der Waals surface area (Å²) in [7, 11) is 1.52. The molecule has 0 bridgehead atoms. The van der Waals surface area contributed by atoms with E-state index in [1.54, 1.807) is 30.3 Å². The molecule has 1 aromatic heterocycles. The SMILES string of the molecule is COc1cccc(Nc2nc(N)c([N+](=O)[O-])c(Nc3ccccc3F)n2)c1. The summed E-state index contributed by atoms with van der Waals surface area (Å²) in [6.07, 6.45) is 0. The minimum Gasteiger partial charge on any atom is -0.497 e. The lowest BCUT2D eigenvalue weighted by Crippen LogP contribution is -2.09. The lowest BCUT2D eigenvalue weighted by Gasteiger charge is -2.11. The quantitative estimate of drug-likeness (QED) is 0.443. The van der Waals surface area contributed by atoms with E-state index in [0.29, 0.717) is 11.4 Å². The Labute approximate surface area is 153 Å². The highest BCUT2D eigenvalue weighted by Gasteiger charge is 2.24. The number of nitrogens with two attached hydrogens (primary N) is 1. The van der Waals surface area contributed by atoms with Crippen LogP contribution in [0.5, 0.6) is 5.75 Å². The van der Waals surface area contributed by atoms with Crippen LogP contribution >= 0.6 is 0 Å². The Morgan fingerprint density at radius 3 is 2.63 bits per heavy atom. The van der Waals surface area contributed by atoms with Crippen molar-refractivity contribution in [1.29, 1.82) is 0 Å².